The fourth-order valence-electron chi connectivity index (χ4n) is 3.12. The molecule has 0 bridgehead atoms. The molecule has 158 valence electrons. The second kappa shape index (κ2) is 9.73. The van der Waals surface area contributed by atoms with E-state index in [9.17, 15) is 19.2 Å². The van der Waals surface area contributed by atoms with Crippen LogP contribution in [0.15, 0.2) is 47.1 Å². The Labute approximate surface area is 172 Å². The summed E-state index contributed by atoms with van der Waals surface area (Å²) in [5, 5.41) is 2.64. The molecule has 0 atom stereocenters. The standard InChI is InChI=1S/C21H22N2O7/c1-28-20(26)15-8-10-23(11-9-15)18(24)13-30-21(27)14-4-6-16(7-5-14)22-19(25)17-3-2-12-29-17/h2-7,12,15H,8-11,13H2,1H3,(H,22,25). The first kappa shape index (κ1) is 21.1. The fraction of sp³-hybridized carbons (Fsp3) is 0.333. The molecular formula is C21H22N2O7. The number of carbonyl (C=O) groups is 4. The molecule has 2 heterocycles. The van der Waals surface area contributed by atoms with E-state index in [1.54, 1.807) is 23.1 Å². The van der Waals surface area contributed by atoms with E-state index >= 15 is 0 Å². The van der Waals surface area contributed by atoms with Crippen molar-refractivity contribution < 1.29 is 33.1 Å². The second-order valence-corrected chi connectivity index (χ2v) is 6.76. The van der Waals surface area contributed by atoms with Crippen LogP contribution in [0.1, 0.15) is 33.8 Å². The summed E-state index contributed by atoms with van der Waals surface area (Å²) in [6.45, 7) is 0.457. The van der Waals surface area contributed by atoms with Crippen LogP contribution in [-0.4, -0.2) is 55.5 Å². The molecule has 1 aromatic heterocycles. The number of piperidine rings is 1. The van der Waals surface area contributed by atoms with E-state index < -0.39 is 11.9 Å². The lowest BCUT2D eigenvalue weighted by Gasteiger charge is -2.30. The normalized spacial score (nSPS) is 14.1. The van der Waals surface area contributed by atoms with Gasteiger partial charge in [-0.05, 0) is 49.2 Å². The molecule has 0 radical (unpaired) electrons. The van der Waals surface area contributed by atoms with Crippen LogP contribution in [0.2, 0.25) is 0 Å². The number of anilines is 1. The number of furan rings is 1. The number of carbonyl (C=O) groups excluding carboxylic acids is 4. The summed E-state index contributed by atoms with van der Waals surface area (Å²) in [5.41, 5.74) is 0.737. The Bertz CT molecular complexity index is 898. The predicted molar refractivity (Wildman–Crippen MR) is 105 cm³/mol. The number of likely N-dealkylation sites (tertiary alicyclic amines) is 1. The molecule has 9 heteroatoms. The maximum Gasteiger partial charge on any atom is 0.338 e. The lowest BCUT2D eigenvalue weighted by atomic mass is 9.97. The number of methoxy groups -OCH3 is 1. The summed E-state index contributed by atoms with van der Waals surface area (Å²) < 4.78 is 14.8. The molecule has 0 aliphatic carbocycles. The van der Waals surface area contributed by atoms with Crippen molar-refractivity contribution in [2.24, 2.45) is 5.92 Å². The lowest BCUT2D eigenvalue weighted by Crippen LogP contribution is -2.42. The zero-order chi connectivity index (χ0) is 21.5. The van der Waals surface area contributed by atoms with Gasteiger partial charge in [-0.25, -0.2) is 4.79 Å². The van der Waals surface area contributed by atoms with E-state index in [1.807, 2.05) is 0 Å². The minimum atomic E-state index is -0.642. The van der Waals surface area contributed by atoms with Crippen LogP contribution in [0.5, 0.6) is 0 Å². The van der Waals surface area contributed by atoms with Gasteiger partial charge in [0.15, 0.2) is 12.4 Å². The van der Waals surface area contributed by atoms with Crippen molar-refractivity contribution >= 4 is 29.4 Å². The van der Waals surface area contributed by atoms with Crippen molar-refractivity contribution in [2.45, 2.75) is 12.8 Å². The van der Waals surface area contributed by atoms with E-state index in [4.69, 9.17) is 13.9 Å². The monoisotopic (exact) mass is 414 g/mol. The Hall–Kier alpha value is -3.62. The number of hydrogen-bond donors (Lipinski definition) is 1. The summed E-state index contributed by atoms with van der Waals surface area (Å²) in [5.74, 6) is -1.65. The maximum absolute atomic E-state index is 12.2. The van der Waals surface area contributed by atoms with Gasteiger partial charge in [0.2, 0.25) is 0 Å². The third kappa shape index (κ3) is 5.25. The number of nitrogens with zero attached hydrogens (tertiary/aromatic N) is 1. The van der Waals surface area contributed by atoms with E-state index in [-0.39, 0.29) is 35.7 Å². The molecule has 1 N–H and O–H groups in total. The molecule has 2 amide bonds. The number of rotatable bonds is 6. The van der Waals surface area contributed by atoms with E-state index in [0.717, 1.165) is 0 Å². The average molecular weight is 414 g/mol. The molecule has 1 aliphatic heterocycles. The lowest BCUT2D eigenvalue weighted by molar-refractivity contribution is -0.149. The molecule has 1 aromatic carbocycles. The molecule has 0 unspecified atom stereocenters. The summed E-state index contributed by atoms with van der Waals surface area (Å²) in [4.78, 5) is 49.5. The van der Waals surface area contributed by atoms with Gasteiger partial charge in [0.05, 0.1) is 24.9 Å². The summed E-state index contributed by atoms with van der Waals surface area (Å²) in [7, 11) is 1.35. The quantitative estimate of drug-likeness (QED) is 0.720. The highest BCUT2D eigenvalue weighted by Crippen LogP contribution is 2.19. The first-order chi connectivity index (χ1) is 14.5. The Morgan fingerprint density at radius 3 is 2.40 bits per heavy atom. The molecular weight excluding hydrogens is 392 g/mol. The van der Waals surface area contributed by atoms with E-state index in [1.165, 1.54) is 31.6 Å². The van der Waals surface area contributed by atoms with Crippen molar-refractivity contribution in [2.75, 3.05) is 32.1 Å². The smallest absolute Gasteiger partial charge is 0.338 e. The zero-order valence-electron chi connectivity index (χ0n) is 16.5. The van der Waals surface area contributed by atoms with Gasteiger partial charge in [-0.15, -0.1) is 0 Å². The highest BCUT2D eigenvalue weighted by atomic mass is 16.5. The van der Waals surface area contributed by atoms with Crippen LogP contribution in [0.4, 0.5) is 5.69 Å². The Morgan fingerprint density at radius 2 is 1.80 bits per heavy atom. The van der Waals surface area contributed by atoms with Gasteiger partial charge in [0, 0.05) is 18.8 Å². The Morgan fingerprint density at radius 1 is 1.10 bits per heavy atom. The molecule has 30 heavy (non-hydrogen) atoms. The molecule has 0 spiro atoms. The fourth-order valence-corrected chi connectivity index (χ4v) is 3.12. The molecule has 0 saturated carbocycles. The van der Waals surface area contributed by atoms with Gasteiger partial charge < -0.3 is 24.1 Å². The van der Waals surface area contributed by atoms with Gasteiger partial charge >= 0.3 is 11.9 Å². The van der Waals surface area contributed by atoms with Crippen LogP contribution in [-0.2, 0) is 19.1 Å². The van der Waals surface area contributed by atoms with Crippen LogP contribution in [0.3, 0.4) is 0 Å². The van der Waals surface area contributed by atoms with Gasteiger partial charge in [-0.2, -0.15) is 0 Å². The van der Waals surface area contributed by atoms with E-state index in [0.29, 0.717) is 31.6 Å². The van der Waals surface area contributed by atoms with E-state index in [2.05, 4.69) is 5.32 Å². The van der Waals surface area contributed by atoms with Gasteiger partial charge in [-0.3, -0.25) is 14.4 Å². The van der Waals surface area contributed by atoms with Crippen molar-refractivity contribution in [3.8, 4) is 0 Å². The molecule has 3 rings (SSSR count). The Balaban J connectivity index is 1.45. The van der Waals surface area contributed by atoms with Crippen LogP contribution in [0.25, 0.3) is 0 Å². The Kier molecular flexibility index (Phi) is 6.84. The number of hydrogen-bond acceptors (Lipinski definition) is 7. The summed E-state index contributed by atoms with van der Waals surface area (Å²) >= 11 is 0. The van der Waals surface area contributed by atoms with Crippen molar-refractivity contribution in [1.29, 1.82) is 0 Å². The SMILES string of the molecule is COC(=O)C1CCN(C(=O)COC(=O)c2ccc(NC(=O)c3ccco3)cc2)CC1. The number of ether oxygens (including phenoxy) is 2. The van der Waals surface area contributed by atoms with Gasteiger partial charge in [0.1, 0.15) is 0 Å². The number of nitrogens with one attached hydrogen (secondary N) is 1. The van der Waals surface area contributed by atoms with Crippen molar-refractivity contribution in [3.05, 3.63) is 54.0 Å². The molecule has 1 aliphatic rings. The predicted octanol–water partition coefficient (Wildman–Crippen LogP) is 2.10. The first-order valence-electron chi connectivity index (χ1n) is 9.45. The second-order valence-electron chi connectivity index (χ2n) is 6.76. The highest BCUT2D eigenvalue weighted by Gasteiger charge is 2.28. The summed E-state index contributed by atoms with van der Waals surface area (Å²) in [6.07, 6.45) is 2.45. The van der Waals surface area contributed by atoms with Crippen LogP contribution >= 0.6 is 0 Å². The number of esters is 2. The molecule has 9 nitrogen and oxygen atoms in total. The van der Waals surface area contributed by atoms with Crippen molar-refractivity contribution in [1.82, 2.24) is 4.90 Å². The number of benzene rings is 1. The largest absolute Gasteiger partial charge is 0.469 e. The topological polar surface area (TPSA) is 115 Å². The van der Waals surface area contributed by atoms with Crippen molar-refractivity contribution in [3.63, 3.8) is 0 Å². The molecule has 2 aromatic rings. The van der Waals surface area contributed by atoms with Gasteiger partial charge in [-0.1, -0.05) is 0 Å². The number of amides is 2. The van der Waals surface area contributed by atoms with Gasteiger partial charge in [0.25, 0.3) is 11.8 Å². The molecule has 1 saturated heterocycles. The van der Waals surface area contributed by atoms with Crippen LogP contribution < -0.4 is 5.32 Å². The zero-order valence-corrected chi connectivity index (χ0v) is 16.5. The van der Waals surface area contributed by atoms with Crippen LogP contribution in [0, 0.1) is 5.92 Å². The molecule has 1 fully saturated rings. The maximum atomic E-state index is 12.2. The minimum Gasteiger partial charge on any atom is -0.469 e. The average Bonchev–Trinajstić information content (AvgIpc) is 3.32. The first-order valence-corrected chi connectivity index (χ1v) is 9.45. The minimum absolute atomic E-state index is 0.174. The highest BCUT2D eigenvalue weighted by molar-refractivity contribution is 6.02. The third-order valence-electron chi connectivity index (χ3n) is 4.83. The third-order valence-corrected chi connectivity index (χ3v) is 4.83. The summed E-state index contributed by atoms with van der Waals surface area (Å²) in [6, 6.07) is 9.24.